The lowest BCUT2D eigenvalue weighted by molar-refractivity contribution is 0.0631. The fraction of sp³-hybridized carbons (Fsp3) is 0.375. The number of thioether (sulfide) groups is 1. The predicted octanol–water partition coefficient (Wildman–Crippen LogP) is 3.03. The van der Waals surface area contributed by atoms with Crippen LogP contribution >= 0.6 is 11.8 Å². The Hall–Kier alpha value is -1.59. The zero-order chi connectivity index (χ0) is 15.1. The lowest BCUT2D eigenvalue weighted by atomic mass is 10.2. The molecule has 0 saturated carbocycles. The van der Waals surface area contributed by atoms with E-state index < -0.39 is 0 Å². The number of ether oxygens (including phenoxy) is 1. The quantitative estimate of drug-likeness (QED) is 0.631. The largest absolute Gasteiger partial charge is 0.373 e. The Morgan fingerprint density at radius 1 is 1.29 bits per heavy atom. The van der Waals surface area contributed by atoms with Gasteiger partial charge in [0.2, 0.25) is 0 Å². The molecule has 0 aliphatic heterocycles. The molecular formula is C16H20N2O2S. The number of nitrogens with one attached hydrogen (secondary N) is 1. The van der Waals surface area contributed by atoms with Gasteiger partial charge in [-0.1, -0.05) is 42.1 Å². The lowest BCUT2D eigenvalue weighted by Gasteiger charge is -2.07. The molecule has 21 heavy (non-hydrogen) atoms. The Kier molecular flexibility index (Phi) is 6.02. The zero-order valence-electron chi connectivity index (χ0n) is 12.3. The molecule has 0 atom stereocenters. The highest BCUT2D eigenvalue weighted by molar-refractivity contribution is 7.99. The first-order valence-corrected chi connectivity index (χ1v) is 8.00. The van der Waals surface area contributed by atoms with Gasteiger partial charge in [0.05, 0.1) is 18.4 Å². The summed E-state index contributed by atoms with van der Waals surface area (Å²) in [6, 6.07) is 11.8. The summed E-state index contributed by atoms with van der Waals surface area (Å²) in [7, 11) is 0. The van der Waals surface area contributed by atoms with Crippen LogP contribution in [0.2, 0.25) is 0 Å². The van der Waals surface area contributed by atoms with Gasteiger partial charge in [0.25, 0.3) is 5.56 Å². The predicted molar refractivity (Wildman–Crippen MR) is 85.7 cm³/mol. The fourth-order valence-electron chi connectivity index (χ4n) is 1.79. The second kappa shape index (κ2) is 8.00. The van der Waals surface area contributed by atoms with E-state index in [1.54, 1.807) is 11.8 Å². The van der Waals surface area contributed by atoms with E-state index in [4.69, 9.17) is 4.74 Å². The van der Waals surface area contributed by atoms with E-state index in [0.29, 0.717) is 17.5 Å². The van der Waals surface area contributed by atoms with Crippen molar-refractivity contribution in [3.05, 3.63) is 58.0 Å². The Morgan fingerprint density at radius 3 is 2.76 bits per heavy atom. The van der Waals surface area contributed by atoms with E-state index in [9.17, 15) is 4.79 Å². The fourth-order valence-corrected chi connectivity index (χ4v) is 2.67. The van der Waals surface area contributed by atoms with Crippen LogP contribution in [0.1, 0.15) is 25.1 Å². The highest BCUT2D eigenvalue weighted by atomic mass is 32.2. The van der Waals surface area contributed by atoms with Crippen molar-refractivity contribution in [3.8, 4) is 0 Å². The first-order valence-electron chi connectivity index (χ1n) is 7.02. The second-order valence-electron chi connectivity index (χ2n) is 4.99. The molecule has 0 spiro atoms. The van der Waals surface area contributed by atoms with Crippen LogP contribution in [0.3, 0.4) is 0 Å². The zero-order valence-corrected chi connectivity index (χ0v) is 13.2. The van der Waals surface area contributed by atoms with Crippen molar-refractivity contribution in [2.24, 2.45) is 0 Å². The molecule has 5 heteroatoms. The molecule has 0 amide bonds. The summed E-state index contributed by atoms with van der Waals surface area (Å²) in [5.74, 6) is 0.876. The summed E-state index contributed by atoms with van der Waals surface area (Å²) in [6.45, 7) is 4.29. The first kappa shape index (κ1) is 15.8. The number of rotatable bonds is 7. The highest BCUT2D eigenvalue weighted by Gasteiger charge is 2.04. The molecule has 0 radical (unpaired) electrons. The Bertz CT molecular complexity index is 611. The van der Waals surface area contributed by atoms with Crippen molar-refractivity contribution < 1.29 is 4.74 Å². The number of aryl methyl sites for hydroxylation is 1. The molecule has 2 rings (SSSR count). The summed E-state index contributed by atoms with van der Waals surface area (Å²) < 4.78 is 5.49. The number of H-pyrrole nitrogens is 1. The van der Waals surface area contributed by atoms with Gasteiger partial charge in [-0.3, -0.25) is 4.79 Å². The average molecular weight is 304 g/mol. The van der Waals surface area contributed by atoms with Crippen molar-refractivity contribution in [1.82, 2.24) is 9.97 Å². The SMILES string of the molecule is CC(C)OCc1cc(=O)[nH]c(SCCc2ccccc2)n1. The van der Waals surface area contributed by atoms with Crippen LogP contribution in [0.15, 0.2) is 46.3 Å². The minimum absolute atomic E-state index is 0.125. The number of hydrogen-bond acceptors (Lipinski definition) is 4. The molecule has 2 aromatic rings. The topological polar surface area (TPSA) is 55.0 Å². The number of nitrogens with zero attached hydrogens (tertiary/aromatic N) is 1. The van der Waals surface area contributed by atoms with E-state index in [2.05, 4.69) is 22.1 Å². The summed E-state index contributed by atoms with van der Waals surface area (Å²) in [6.07, 6.45) is 1.07. The molecule has 112 valence electrons. The molecule has 0 aliphatic carbocycles. The van der Waals surface area contributed by atoms with Crippen LogP contribution in [0.25, 0.3) is 0 Å². The van der Waals surface area contributed by atoms with Gasteiger partial charge in [-0.2, -0.15) is 0 Å². The van der Waals surface area contributed by atoms with Crippen LogP contribution in [0.5, 0.6) is 0 Å². The third-order valence-electron chi connectivity index (χ3n) is 2.81. The van der Waals surface area contributed by atoms with Crippen LogP contribution in [0.4, 0.5) is 0 Å². The molecular weight excluding hydrogens is 284 g/mol. The van der Waals surface area contributed by atoms with Gasteiger partial charge >= 0.3 is 0 Å². The smallest absolute Gasteiger partial charge is 0.251 e. The maximum absolute atomic E-state index is 11.6. The van der Waals surface area contributed by atoms with Crippen LogP contribution in [0, 0.1) is 0 Å². The summed E-state index contributed by atoms with van der Waals surface area (Å²) in [5.41, 5.74) is 1.83. The molecule has 0 aliphatic rings. The molecule has 1 aromatic carbocycles. The molecule has 1 heterocycles. The number of benzene rings is 1. The Labute approximate surface area is 129 Å². The lowest BCUT2D eigenvalue weighted by Crippen LogP contribution is -2.12. The molecule has 0 bridgehead atoms. The van der Waals surface area contributed by atoms with Crippen molar-refractivity contribution in [1.29, 1.82) is 0 Å². The van der Waals surface area contributed by atoms with Gasteiger partial charge in [0.15, 0.2) is 5.16 Å². The van der Waals surface area contributed by atoms with Crippen molar-refractivity contribution in [2.75, 3.05) is 5.75 Å². The molecule has 0 fully saturated rings. The monoisotopic (exact) mass is 304 g/mol. The van der Waals surface area contributed by atoms with Gasteiger partial charge in [-0.05, 0) is 25.8 Å². The van der Waals surface area contributed by atoms with Crippen molar-refractivity contribution >= 4 is 11.8 Å². The molecule has 4 nitrogen and oxygen atoms in total. The highest BCUT2D eigenvalue weighted by Crippen LogP contribution is 2.14. The van der Waals surface area contributed by atoms with Crippen LogP contribution in [-0.4, -0.2) is 21.8 Å². The molecule has 0 unspecified atom stereocenters. The van der Waals surface area contributed by atoms with E-state index in [-0.39, 0.29) is 11.7 Å². The average Bonchev–Trinajstić information content (AvgIpc) is 2.46. The van der Waals surface area contributed by atoms with Gasteiger partial charge in [0.1, 0.15) is 0 Å². The van der Waals surface area contributed by atoms with Crippen LogP contribution < -0.4 is 5.56 Å². The molecule has 1 aromatic heterocycles. The second-order valence-corrected chi connectivity index (χ2v) is 6.07. The van der Waals surface area contributed by atoms with Gasteiger partial charge in [0, 0.05) is 11.8 Å². The molecule has 1 N–H and O–H groups in total. The standard InChI is InChI=1S/C16H20N2O2S/c1-12(2)20-11-14-10-15(19)18-16(17-14)21-9-8-13-6-4-3-5-7-13/h3-7,10,12H,8-9,11H2,1-2H3,(H,17,18,19). The van der Waals surface area contributed by atoms with Crippen LogP contribution in [-0.2, 0) is 17.8 Å². The van der Waals surface area contributed by atoms with Gasteiger partial charge in [-0.15, -0.1) is 0 Å². The Morgan fingerprint density at radius 2 is 2.05 bits per heavy atom. The van der Waals surface area contributed by atoms with E-state index in [1.807, 2.05) is 32.0 Å². The van der Waals surface area contributed by atoms with E-state index in [0.717, 1.165) is 12.2 Å². The molecule has 0 saturated heterocycles. The minimum Gasteiger partial charge on any atom is -0.373 e. The Balaban J connectivity index is 1.92. The van der Waals surface area contributed by atoms with E-state index in [1.165, 1.54) is 11.6 Å². The third kappa shape index (κ3) is 5.73. The van der Waals surface area contributed by atoms with Crippen molar-refractivity contribution in [3.63, 3.8) is 0 Å². The summed E-state index contributed by atoms with van der Waals surface area (Å²) in [4.78, 5) is 18.8. The normalized spacial score (nSPS) is 11.0. The minimum atomic E-state index is -0.130. The van der Waals surface area contributed by atoms with Crippen molar-refractivity contribution in [2.45, 2.75) is 38.1 Å². The first-order chi connectivity index (χ1) is 10.1. The van der Waals surface area contributed by atoms with E-state index >= 15 is 0 Å². The van der Waals surface area contributed by atoms with Gasteiger partial charge in [-0.25, -0.2) is 4.98 Å². The summed E-state index contributed by atoms with van der Waals surface area (Å²) >= 11 is 1.56. The maximum Gasteiger partial charge on any atom is 0.251 e. The number of aromatic nitrogens is 2. The maximum atomic E-state index is 11.6. The number of hydrogen-bond donors (Lipinski definition) is 1. The summed E-state index contributed by atoms with van der Waals surface area (Å²) in [5, 5.41) is 0.654. The number of aromatic amines is 1. The third-order valence-corrected chi connectivity index (χ3v) is 3.68. The van der Waals surface area contributed by atoms with Gasteiger partial charge < -0.3 is 9.72 Å².